The molecule has 2 amide bonds. The van der Waals surface area contributed by atoms with Gasteiger partial charge in [-0.05, 0) is 56.9 Å². The number of piperidine rings is 2. The van der Waals surface area contributed by atoms with Gasteiger partial charge >= 0.3 is 0 Å². The number of nitriles is 1. The minimum Gasteiger partial charge on any atom is -0.341 e. The summed E-state index contributed by atoms with van der Waals surface area (Å²) in [6, 6.07) is 4.17. The van der Waals surface area contributed by atoms with E-state index >= 15 is 0 Å². The first-order valence-corrected chi connectivity index (χ1v) is 10.5. The van der Waals surface area contributed by atoms with Crippen molar-refractivity contribution in [2.75, 3.05) is 13.1 Å². The van der Waals surface area contributed by atoms with Crippen molar-refractivity contribution in [1.29, 1.82) is 5.26 Å². The van der Waals surface area contributed by atoms with Gasteiger partial charge in [-0.25, -0.2) is 0 Å². The predicted octanol–water partition coefficient (Wildman–Crippen LogP) is 1.81. The SMILES string of the molecule is Cn1ccc(C2CCN(C(=O)[C@@H]3C[C@@H]4C[C@@H]4N3C(=O)C3(C#N)CCC3)CC2)n1. The van der Waals surface area contributed by atoms with E-state index in [1.54, 1.807) is 0 Å². The summed E-state index contributed by atoms with van der Waals surface area (Å²) in [5.41, 5.74) is 0.247. The molecule has 4 aliphatic rings. The zero-order valence-corrected chi connectivity index (χ0v) is 16.4. The summed E-state index contributed by atoms with van der Waals surface area (Å²) in [6.07, 6.45) is 7.79. The van der Waals surface area contributed by atoms with E-state index in [0.29, 0.717) is 24.7 Å². The number of fused-ring (bicyclic) bond motifs is 1. The topological polar surface area (TPSA) is 82.2 Å². The molecule has 1 aromatic rings. The maximum absolute atomic E-state index is 13.3. The Morgan fingerprint density at radius 2 is 2.00 bits per heavy atom. The summed E-state index contributed by atoms with van der Waals surface area (Å²) in [4.78, 5) is 30.2. The molecule has 3 atom stereocenters. The van der Waals surface area contributed by atoms with Crippen LogP contribution in [0.2, 0.25) is 0 Å². The number of rotatable bonds is 3. The quantitative estimate of drug-likeness (QED) is 0.800. The highest BCUT2D eigenvalue weighted by Gasteiger charge is 2.60. The van der Waals surface area contributed by atoms with E-state index in [1.165, 1.54) is 0 Å². The van der Waals surface area contributed by atoms with Gasteiger partial charge < -0.3 is 9.80 Å². The van der Waals surface area contributed by atoms with Crippen molar-refractivity contribution < 1.29 is 9.59 Å². The van der Waals surface area contributed by atoms with Gasteiger partial charge in [-0.15, -0.1) is 0 Å². The van der Waals surface area contributed by atoms with Crippen LogP contribution in [0.1, 0.15) is 56.6 Å². The van der Waals surface area contributed by atoms with Crippen molar-refractivity contribution in [3.8, 4) is 6.07 Å². The lowest BCUT2D eigenvalue weighted by Gasteiger charge is -2.41. The molecule has 1 aromatic heterocycles. The van der Waals surface area contributed by atoms with Gasteiger partial charge in [0.05, 0.1) is 11.8 Å². The van der Waals surface area contributed by atoms with E-state index in [0.717, 1.165) is 50.9 Å². The van der Waals surface area contributed by atoms with E-state index in [2.05, 4.69) is 17.2 Å². The lowest BCUT2D eigenvalue weighted by molar-refractivity contribution is -0.152. The fourth-order valence-electron chi connectivity index (χ4n) is 5.38. The summed E-state index contributed by atoms with van der Waals surface area (Å²) in [5.74, 6) is 0.872. The Balaban J connectivity index is 1.26. The van der Waals surface area contributed by atoms with Crippen molar-refractivity contribution in [2.24, 2.45) is 18.4 Å². The monoisotopic (exact) mass is 381 g/mol. The Bertz CT molecular complexity index is 843. The molecule has 2 saturated heterocycles. The molecule has 5 rings (SSSR count). The van der Waals surface area contributed by atoms with Crippen LogP contribution in [-0.2, 0) is 16.6 Å². The molecule has 0 radical (unpaired) electrons. The highest BCUT2D eigenvalue weighted by Crippen LogP contribution is 2.52. The minimum atomic E-state index is -0.859. The molecule has 3 heterocycles. The molecule has 7 nitrogen and oxygen atoms in total. The third kappa shape index (κ3) is 2.65. The number of carbonyl (C=O) groups is 2. The number of amides is 2. The van der Waals surface area contributed by atoms with Gasteiger partial charge in [0.2, 0.25) is 11.8 Å². The lowest BCUT2D eigenvalue weighted by Crippen LogP contribution is -2.55. The van der Waals surface area contributed by atoms with Gasteiger partial charge in [0.1, 0.15) is 11.5 Å². The van der Waals surface area contributed by atoms with E-state index < -0.39 is 5.41 Å². The van der Waals surface area contributed by atoms with Crippen LogP contribution in [0.4, 0.5) is 0 Å². The predicted molar refractivity (Wildman–Crippen MR) is 101 cm³/mol. The second-order valence-corrected chi connectivity index (χ2v) is 9.09. The minimum absolute atomic E-state index is 0.0760. The number of aryl methyl sites for hydroxylation is 1. The lowest BCUT2D eigenvalue weighted by atomic mass is 9.69. The highest BCUT2D eigenvalue weighted by molar-refractivity contribution is 5.93. The zero-order chi connectivity index (χ0) is 19.5. The van der Waals surface area contributed by atoms with Crippen LogP contribution < -0.4 is 0 Å². The van der Waals surface area contributed by atoms with Crippen LogP contribution in [0.3, 0.4) is 0 Å². The highest BCUT2D eigenvalue weighted by atomic mass is 16.2. The first kappa shape index (κ1) is 17.7. The van der Waals surface area contributed by atoms with Gasteiger partial charge in [0.15, 0.2) is 0 Å². The summed E-state index contributed by atoms with van der Waals surface area (Å²) < 4.78 is 1.83. The Labute approximate surface area is 165 Å². The molecule has 2 aliphatic heterocycles. The second kappa shape index (κ2) is 6.33. The Hall–Kier alpha value is -2.36. The molecule has 148 valence electrons. The van der Waals surface area contributed by atoms with Crippen molar-refractivity contribution >= 4 is 11.8 Å². The molecule has 0 spiro atoms. The largest absolute Gasteiger partial charge is 0.341 e. The number of hydrogen-bond acceptors (Lipinski definition) is 4. The van der Waals surface area contributed by atoms with Crippen LogP contribution in [0, 0.1) is 22.7 Å². The van der Waals surface area contributed by atoms with Crippen LogP contribution in [0.5, 0.6) is 0 Å². The second-order valence-electron chi connectivity index (χ2n) is 9.09. The molecule has 28 heavy (non-hydrogen) atoms. The summed E-state index contributed by atoms with van der Waals surface area (Å²) in [6.45, 7) is 1.44. The summed E-state index contributed by atoms with van der Waals surface area (Å²) >= 11 is 0. The molecule has 2 saturated carbocycles. The fraction of sp³-hybridized carbons (Fsp3) is 0.714. The summed E-state index contributed by atoms with van der Waals surface area (Å²) in [5, 5.41) is 14.1. The maximum Gasteiger partial charge on any atom is 0.245 e. The van der Waals surface area contributed by atoms with Gasteiger partial charge in [-0.2, -0.15) is 10.4 Å². The Kier molecular flexibility index (Phi) is 4.01. The van der Waals surface area contributed by atoms with E-state index in [4.69, 9.17) is 0 Å². The smallest absolute Gasteiger partial charge is 0.245 e. The van der Waals surface area contributed by atoms with Gasteiger partial charge in [-0.1, -0.05) is 0 Å². The van der Waals surface area contributed by atoms with Gasteiger partial charge in [0, 0.05) is 38.3 Å². The third-order valence-electron chi connectivity index (χ3n) is 7.41. The van der Waals surface area contributed by atoms with Gasteiger partial charge in [0.25, 0.3) is 0 Å². The van der Waals surface area contributed by atoms with E-state index in [9.17, 15) is 14.9 Å². The molecular weight excluding hydrogens is 354 g/mol. The molecule has 0 bridgehead atoms. The molecular formula is C21H27N5O2. The number of carbonyl (C=O) groups excluding carboxylic acids is 2. The van der Waals surface area contributed by atoms with Crippen molar-refractivity contribution in [2.45, 2.75) is 62.9 Å². The third-order valence-corrected chi connectivity index (χ3v) is 7.41. The fourth-order valence-corrected chi connectivity index (χ4v) is 5.38. The standard InChI is InChI=1S/C21H27N5O2/c1-24-8-5-16(23-24)14-3-9-25(10-4-14)19(27)18-12-15-11-17(15)26(18)20(28)21(13-22)6-2-7-21/h5,8,14-15,17-18H,2-4,6-7,9-12H2,1H3/t15-,17-,18-/m0/s1. The zero-order valence-electron chi connectivity index (χ0n) is 16.4. The van der Waals surface area contributed by atoms with Crippen LogP contribution >= 0.6 is 0 Å². The number of hydrogen-bond donors (Lipinski definition) is 0. The first-order valence-electron chi connectivity index (χ1n) is 10.5. The molecule has 7 heteroatoms. The average Bonchev–Trinajstić information content (AvgIpc) is 3.12. The van der Waals surface area contributed by atoms with Crippen molar-refractivity contribution in [3.63, 3.8) is 0 Å². The number of nitrogens with zero attached hydrogens (tertiary/aromatic N) is 5. The molecule has 2 aliphatic carbocycles. The van der Waals surface area contributed by atoms with Gasteiger partial charge in [-0.3, -0.25) is 14.3 Å². The van der Waals surface area contributed by atoms with E-state index in [1.807, 2.05) is 27.7 Å². The molecule has 0 aromatic carbocycles. The van der Waals surface area contributed by atoms with Crippen molar-refractivity contribution in [1.82, 2.24) is 19.6 Å². The maximum atomic E-state index is 13.3. The molecule has 0 unspecified atom stereocenters. The Morgan fingerprint density at radius 3 is 2.57 bits per heavy atom. The molecule has 0 N–H and O–H groups in total. The van der Waals surface area contributed by atoms with Crippen LogP contribution in [0.25, 0.3) is 0 Å². The van der Waals surface area contributed by atoms with E-state index in [-0.39, 0.29) is 23.9 Å². The number of likely N-dealkylation sites (tertiary alicyclic amines) is 2. The normalized spacial score (nSPS) is 31.1. The average molecular weight is 381 g/mol. The summed E-state index contributed by atoms with van der Waals surface area (Å²) in [7, 11) is 1.93. The first-order chi connectivity index (χ1) is 13.5. The molecule has 4 fully saturated rings. The Morgan fingerprint density at radius 1 is 1.25 bits per heavy atom. The van der Waals surface area contributed by atoms with Crippen LogP contribution in [0.15, 0.2) is 12.3 Å². The van der Waals surface area contributed by atoms with Crippen LogP contribution in [-0.4, -0.2) is 56.6 Å². The van der Waals surface area contributed by atoms with Crippen molar-refractivity contribution in [3.05, 3.63) is 18.0 Å². The number of aromatic nitrogens is 2.